The number of aromatic hydroxyl groups is 1. The monoisotopic (exact) mass is 441 g/mol. The van der Waals surface area contributed by atoms with Crippen LogP contribution in [0.2, 0.25) is 0 Å². The fraction of sp³-hybridized carbons (Fsp3) is 0.333. The molecule has 0 atom stereocenters. The van der Waals surface area contributed by atoms with Crippen LogP contribution < -0.4 is 5.32 Å². The maximum atomic E-state index is 12.8. The van der Waals surface area contributed by atoms with Crippen LogP contribution in [0, 0.1) is 0 Å². The van der Waals surface area contributed by atoms with E-state index in [1.165, 1.54) is 30.6 Å². The number of phenolic OH excluding ortho intramolecular Hbond substituents is 1. The maximum Gasteiger partial charge on any atom is 0.329 e. The lowest BCUT2D eigenvalue weighted by molar-refractivity contribution is -0.123. The summed E-state index contributed by atoms with van der Waals surface area (Å²) in [5.74, 6) is -0.223. The fourth-order valence-electron chi connectivity index (χ4n) is 4.03. The van der Waals surface area contributed by atoms with Crippen LogP contribution in [-0.2, 0) is 17.9 Å². The van der Waals surface area contributed by atoms with Crippen LogP contribution in [0.15, 0.2) is 54.2 Å². The summed E-state index contributed by atoms with van der Waals surface area (Å²) in [5, 5.41) is 13.4. The molecule has 7 heteroatoms. The molecule has 2 fully saturated rings. The smallest absolute Gasteiger partial charge is 0.329 e. The summed E-state index contributed by atoms with van der Waals surface area (Å²) in [4.78, 5) is 28.6. The molecule has 2 heterocycles. The van der Waals surface area contributed by atoms with Crippen LogP contribution in [0.4, 0.5) is 4.79 Å². The van der Waals surface area contributed by atoms with Crippen molar-refractivity contribution in [2.75, 3.05) is 13.1 Å². The lowest BCUT2D eigenvalue weighted by Crippen LogP contribution is -2.30. The van der Waals surface area contributed by atoms with Crippen molar-refractivity contribution in [3.63, 3.8) is 0 Å². The number of hydrogen-bond donors (Lipinski definition) is 2. The molecular formula is C24H28ClN3O3. The molecule has 0 aliphatic carbocycles. The highest BCUT2D eigenvalue weighted by Gasteiger charge is 2.33. The highest BCUT2D eigenvalue weighted by Crippen LogP contribution is 2.28. The number of urea groups is 1. The second-order valence-electron chi connectivity index (χ2n) is 7.91. The lowest BCUT2D eigenvalue weighted by atomic mass is 10.1. The number of nitrogens with one attached hydrogen (secondary N) is 1. The third-order valence-corrected chi connectivity index (χ3v) is 5.69. The number of likely N-dealkylation sites (tertiary alicyclic amines) is 1. The van der Waals surface area contributed by atoms with Crippen molar-refractivity contribution in [3.8, 4) is 5.75 Å². The van der Waals surface area contributed by atoms with Gasteiger partial charge in [0.15, 0.2) is 0 Å². The molecule has 2 aromatic rings. The van der Waals surface area contributed by atoms with Crippen LogP contribution in [0.5, 0.6) is 5.75 Å². The van der Waals surface area contributed by atoms with Crippen molar-refractivity contribution in [1.82, 2.24) is 15.1 Å². The molecular weight excluding hydrogens is 414 g/mol. The van der Waals surface area contributed by atoms with E-state index >= 15 is 0 Å². The molecule has 2 aromatic carbocycles. The van der Waals surface area contributed by atoms with Gasteiger partial charge in [0.05, 0.1) is 6.54 Å². The van der Waals surface area contributed by atoms with E-state index in [0.717, 1.165) is 24.2 Å². The van der Waals surface area contributed by atoms with Gasteiger partial charge in [0.1, 0.15) is 11.4 Å². The van der Waals surface area contributed by atoms with Crippen molar-refractivity contribution < 1.29 is 14.7 Å². The molecule has 0 unspecified atom stereocenters. The SMILES string of the molecule is Cl.O=C1NC(=Cc2cccc(CN3CCCCCC3)c2O)C(=O)N1Cc1ccccc1. The number of benzene rings is 2. The molecule has 2 saturated heterocycles. The molecule has 0 spiro atoms. The quantitative estimate of drug-likeness (QED) is 0.536. The van der Waals surface area contributed by atoms with Gasteiger partial charge in [-0.25, -0.2) is 4.79 Å². The van der Waals surface area contributed by atoms with Crippen molar-refractivity contribution in [2.24, 2.45) is 0 Å². The van der Waals surface area contributed by atoms with Gasteiger partial charge >= 0.3 is 6.03 Å². The van der Waals surface area contributed by atoms with E-state index in [9.17, 15) is 14.7 Å². The van der Waals surface area contributed by atoms with Crippen LogP contribution in [0.25, 0.3) is 6.08 Å². The molecule has 0 saturated carbocycles. The second kappa shape index (κ2) is 10.5. The standard InChI is InChI=1S/C24H27N3O3.ClH/c28-22-19(11-8-12-20(22)17-26-13-6-1-2-7-14-26)15-21-23(29)27(24(30)25-21)16-18-9-4-3-5-10-18;/h3-5,8-12,15,28H,1-2,6-7,13-14,16-17H2,(H,25,30);1H. The first kappa shape index (κ1) is 22.8. The molecule has 0 aromatic heterocycles. The summed E-state index contributed by atoms with van der Waals surface area (Å²) < 4.78 is 0. The first-order valence-corrected chi connectivity index (χ1v) is 10.5. The molecule has 0 radical (unpaired) electrons. The summed E-state index contributed by atoms with van der Waals surface area (Å²) in [7, 11) is 0. The topological polar surface area (TPSA) is 72.9 Å². The fourth-order valence-corrected chi connectivity index (χ4v) is 4.03. The second-order valence-corrected chi connectivity index (χ2v) is 7.91. The summed E-state index contributed by atoms with van der Waals surface area (Å²) >= 11 is 0. The molecule has 2 aliphatic rings. The minimum absolute atomic E-state index is 0. The highest BCUT2D eigenvalue weighted by molar-refractivity contribution is 6.14. The average Bonchev–Trinajstić information content (AvgIpc) is 2.93. The van der Waals surface area contributed by atoms with Gasteiger partial charge in [-0.05, 0) is 37.6 Å². The number of rotatable bonds is 5. The van der Waals surface area contributed by atoms with E-state index in [4.69, 9.17) is 0 Å². The predicted molar refractivity (Wildman–Crippen MR) is 123 cm³/mol. The predicted octanol–water partition coefficient (Wildman–Crippen LogP) is 4.28. The Balaban J connectivity index is 0.00000272. The normalized spacial score (nSPS) is 18.6. The zero-order chi connectivity index (χ0) is 20.9. The highest BCUT2D eigenvalue weighted by atomic mass is 35.5. The van der Waals surface area contributed by atoms with Crippen molar-refractivity contribution in [2.45, 2.75) is 38.8 Å². The Bertz CT molecular complexity index is 954. The van der Waals surface area contributed by atoms with Gasteiger partial charge < -0.3 is 10.4 Å². The minimum Gasteiger partial charge on any atom is -0.507 e. The Kier molecular flexibility index (Phi) is 7.71. The first-order valence-electron chi connectivity index (χ1n) is 10.5. The minimum atomic E-state index is -0.449. The van der Waals surface area contributed by atoms with Crippen LogP contribution in [0.3, 0.4) is 0 Å². The zero-order valence-corrected chi connectivity index (χ0v) is 18.2. The van der Waals surface area contributed by atoms with Crippen molar-refractivity contribution >= 4 is 30.4 Å². The molecule has 2 N–H and O–H groups in total. The Morgan fingerprint density at radius 1 is 0.903 bits per heavy atom. The van der Waals surface area contributed by atoms with Gasteiger partial charge in [-0.2, -0.15) is 0 Å². The first-order chi connectivity index (χ1) is 14.6. The number of nitrogens with zero attached hydrogens (tertiary/aromatic N) is 2. The van der Waals surface area contributed by atoms with Gasteiger partial charge in [0.25, 0.3) is 5.91 Å². The average molecular weight is 442 g/mol. The van der Waals surface area contributed by atoms with Gasteiger partial charge in [-0.15, -0.1) is 12.4 Å². The molecule has 2 aliphatic heterocycles. The zero-order valence-electron chi connectivity index (χ0n) is 17.4. The molecule has 3 amide bonds. The number of hydrogen-bond acceptors (Lipinski definition) is 4. The third kappa shape index (κ3) is 5.46. The summed E-state index contributed by atoms with van der Waals surface area (Å²) in [6, 6.07) is 14.5. The molecule has 0 bridgehead atoms. The van der Waals surface area contributed by atoms with E-state index in [-0.39, 0.29) is 36.3 Å². The number of carbonyl (C=O) groups excluding carboxylic acids is 2. The third-order valence-electron chi connectivity index (χ3n) is 5.69. The summed E-state index contributed by atoms with van der Waals surface area (Å²) in [5.41, 5.74) is 2.43. The Hall–Kier alpha value is -2.83. The number of carbonyl (C=O) groups is 2. The molecule has 4 rings (SSSR count). The summed E-state index contributed by atoms with van der Waals surface area (Å²) in [6.45, 7) is 2.97. The maximum absolute atomic E-state index is 12.8. The van der Waals surface area contributed by atoms with E-state index in [2.05, 4.69) is 10.2 Å². The van der Waals surface area contributed by atoms with Crippen LogP contribution in [-0.4, -0.2) is 39.9 Å². The number of amides is 3. The Morgan fingerprint density at radius 3 is 2.32 bits per heavy atom. The number of imide groups is 1. The van der Waals surface area contributed by atoms with Gasteiger partial charge in [-0.1, -0.05) is 61.4 Å². The number of halogens is 1. The van der Waals surface area contributed by atoms with E-state index in [1.807, 2.05) is 42.5 Å². The van der Waals surface area contributed by atoms with E-state index in [1.54, 1.807) is 12.1 Å². The van der Waals surface area contributed by atoms with E-state index < -0.39 is 6.03 Å². The molecule has 164 valence electrons. The van der Waals surface area contributed by atoms with Gasteiger partial charge in [0.2, 0.25) is 0 Å². The van der Waals surface area contributed by atoms with E-state index in [0.29, 0.717) is 12.1 Å². The van der Waals surface area contributed by atoms with Crippen LogP contribution in [0.1, 0.15) is 42.4 Å². The molecule has 31 heavy (non-hydrogen) atoms. The largest absolute Gasteiger partial charge is 0.507 e. The molecule has 6 nitrogen and oxygen atoms in total. The van der Waals surface area contributed by atoms with Gasteiger partial charge in [-0.3, -0.25) is 14.6 Å². The Labute approximate surface area is 189 Å². The lowest BCUT2D eigenvalue weighted by Gasteiger charge is -2.20. The summed E-state index contributed by atoms with van der Waals surface area (Å²) in [6.07, 6.45) is 6.45. The number of para-hydroxylation sites is 1. The van der Waals surface area contributed by atoms with Gasteiger partial charge in [0, 0.05) is 17.7 Å². The van der Waals surface area contributed by atoms with Crippen molar-refractivity contribution in [3.05, 3.63) is 70.9 Å². The van der Waals surface area contributed by atoms with Crippen LogP contribution >= 0.6 is 12.4 Å². The van der Waals surface area contributed by atoms with Crippen molar-refractivity contribution in [1.29, 1.82) is 0 Å². The number of phenols is 1. The Morgan fingerprint density at radius 2 is 1.61 bits per heavy atom.